The Hall–Kier alpha value is -4.34. The van der Waals surface area contributed by atoms with Crippen LogP contribution in [-0.2, 0) is 25.6 Å². The summed E-state index contributed by atoms with van der Waals surface area (Å²) >= 11 is 0. The molecule has 5 atom stereocenters. The number of nitrogens with two attached hydrogens (primary N) is 1. The number of para-hydroxylation sites is 1. The minimum absolute atomic E-state index is 0.0591. The lowest BCUT2D eigenvalue weighted by atomic mass is 9.81. The molecule has 1 saturated heterocycles. The van der Waals surface area contributed by atoms with E-state index in [-0.39, 0.29) is 55.8 Å². The molecule has 0 saturated carbocycles. The van der Waals surface area contributed by atoms with Crippen molar-refractivity contribution in [2.75, 3.05) is 6.61 Å². The molecule has 46 heavy (non-hydrogen) atoms. The molecular formula is C37H45N3O6. The van der Waals surface area contributed by atoms with Crippen molar-refractivity contribution in [3.05, 3.63) is 101 Å². The third-order valence-corrected chi connectivity index (χ3v) is 8.61. The van der Waals surface area contributed by atoms with Gasteiger partial charge in [0.25, 0.3) is 5.91 Å². The van der Waals surface area contributed by atoms with Gasteiger partial charge in [0.2, 0.25) is 11.8 Å². The first kappa shape index (κ1) is 34.5. The summed E-state index contributed by atoms with van der Waals surface area (Å²) in [6.07, 6.45) is -0.893. The van der Waals surface area contributed by atoms with E-state index in [1.165, 1.54) is 0 Å². The number of Topliss-reactive ketones (excluding diaryl/α,β-unsaturated/α-hetero) is 1. The molecule has 1 aliphatic heterocycles. The highest BCUT2D eigenvalue weighted by Crippen LogP contribution is 2.29. The molecule has 0 bridgehead atoms. The van der Waals surface area contributed by atoms with Gasteiger partial charge >= 0.3 is 0 Å². The number of ether oxygens (including phenoxy) is 1. The number of aryl methyl sites for hydroxylation is 2. The molecule has 0 radical (unpaired) electrons. The molecule has 244 valence electrons. The maximum Gasteiger partial charge on any atom is 0.258 e. The molecule has 1 aliphatic rings. The number of rotatable bonds is 15. The van der Waals surface area contributed by atoms with E-state index >= 15 is 0 Å². The molecule has 2 unspecified atom stereocenters. The van der Waals surface area contributed by atoms with Crippen molar-refractivity contribution in [2.24, 2.45) is 17.6 Å². The zero-order valence-corrected chi connectivity index (χ0v) is 27.0. The summed E-state index contributed by atoms with van der Waals surface area (Å²) in [6.45, 7) is 7.12. The summed E-state index contributed by atoms with van der Waals surface area (Å²) in [7, 11) is 0. The van der Waals surface area contributed by atoms with Gasteiger partial charge in [0.1, 0.15) is 11.8 Å². The van der Waals surface area contributed by atoms with Crippen molar-refractivity contribution in [2.45, 2.75) is 77.6 Å². The van der Waals surface area contributed by atoms with Crippen LogP contribution >= 0.6 is 0 Å². The van der Waals surface area contributed by atoms with Crippen LogP contribution in [0.4, 0.5) is 0 Å². The molecular weight excluding hydrogens is 582 g/mol. The van der Waals surface area contributed by atoms with Crippen LogP contribution in [0.25, 0.3) is 0 Å². The maximum atomic E-state index is 14.3. The fourth-order valence-electron chi connectivity index (χ4n) is 6.24. The average molecular weight is 628 g/mol. The van der Waals surface area contributed by atoms with E-state index in [4.69, 9.17) is 10.5 Å². The summed E-state index contributed by atoms with van der Waals surface area (Å²) in [5, 5.41) is 14.7. The number of carbonyl (C=O) groups is 4. The van der Waals surface area contributed by atoms with Crippen molar-refractivity contribution in [1.29, 1.82) is 0 Å². The fourth-order valence-corrected chi connectivity index (χ4v) is 6.24. The first-order chi connectivity index (χ1) is 22.0. The Morgan fingerprint density at radius 2 is 1.46 bits per heavy atom. The predicted octanol–water partition coefficient (Wildman–Crippen LogP) is 4.22. The number of imide groups is 1. The predicted molar refractivity (Wildman–Crippen MR) is 176 cm³/mol. The lowest BCUT2D eigenvalue weighted by Gasteiger charge is -2.35. The summed E-state index contributed by atoms with van der Waals surface area (Å²) in [6, 6.07) is 21.5. The molecule has 4 N–H and O–H groups in total. The smallest absolute Gasteiger partial charge is 0.258 e. The second-order valence-electron chi connectivity index (χ2n) is 12.5. The molecule has 0 aliphatic carbocycles. The lowest BCUT2D eigenvalue weighted by molar-refractivity contribution is -0.149. The normalized spacial score (nSPS) is 16.5. The van der Waals surface area contributed by atoms with Crippen molar-refractivity contribution < 1.29 is 29.0 Å². The molecule has 1 heterocycles. The standard InChI is InChI=1S/C37H45N3O6/c1-23(2)35(40-31(43)18-19-32(40)44)36(45)28(20-26-14-7-5-8-15-26)21-29(41)34(33(38)27-16-9-6-10-17-27)39-30(42)22-46-37-24(3)12-11-13-25(37)4/h5-17,23,28-29,33-35,41H,18-22,38H2,1-4H3,(H,39,42)/t28-,29-,33?,34+,35?/m0/s1. The summed E-state index contributed by atoms with van der Waals surface area (Å²) in [4.78, 5) is 54.2. The highest BCUT2D eigenvalue weighted by molar-refractivity contribution is 6.06. The SMILES string of the molecule is Cc1cccc(C)c1OCC(=O)N[C@@H](C(N)c1ccccc1)[C@@H](O)C[C@H](Cc1ccccc1)C(=O)C(C(C)C)N1C(=O)CCC1=O. The van der Waals surface area contributed by atoms with Crippen molar-refractivity contribution in [3.63, 3.8) is 0 Å². The van der Waals surface area contributed by atoms with Gasteiger partial charge in [-0.3, -0.25) is 24.1 Å². The van der Waals surface area contributed by atoms with Gasteiger partial charge < -0.3 is 20.9 Å². The first-order valence-corrected chi connectivity index (χ1v) is 15.9. The van der Waals surface area contributed by atoms with E-state index in [9.17, 15) is 24.3 Å². The third kappa shape index (κ3) is 8.47. The molecule has 4 rings (SSSR count). The molecule has 0 aromatic heterocycles. The lowest BCUT2D eigenvalue weighted by Crippen LogP contribution is -2.53. The number of hydrogen-bond acceptors (Lipinski definition) is 7. The summed E-state index contributed by atoms with van der Waals surface area (Å²) < 4.78 is 5.87. The van der Waals surface area contributed by atoms with Crippen LogP contribution in [0, 0.1) is 25.7 Å². The number of hydrogen-bond donors (Lipinski definition) is 3. The molecule has 3 aromatic rings. The highest BCUT2D eigenvalue weighted by atomic mass is 16.5. The van der Waals surface area contributed by atoms with Crippen molar-refractivity contribution in [3.8, 4) is 5.75 Å². The van der Waals surface area contributed by atoms with E-state index in [1.807, 2.05) is 107 Å². The van der Waals surface area contributed by atoms with Crippen LogP contribution in [0.1, 0.15) is 61.4 Å². The van der Waals surface area contributed by atoms with Gasteiger partial charge in [0.05, 0.1) is 18.2 Å². The van der Waals surface area contributed by atoms with Crippen LogP contribution in [0.3, 0.4) is 0 Å². The summed E-state index contributed by atoms with van der Waals surface area (Å²) in [5.74, 6) is -2.01. The fraction of sp³-hybridized carbons (Fsp3) is 0.405. The molecule has 9 nitrogen and oxygen atoms in total. The number of benzene rings is 3. The number of nitrogens with one attached hydrogen (secondary N) is 1. The van der Waals surface area contributed by atoms with E-state index in [0.717, 1.165) is 21.6 Å². The molecule has 0 spiro atoms. The van der Waals surface area contributed by atoms with Crippen LogP contribution < -0.4 is 15.8 Å². The quantitative estimate of drug-likeness (QED) is 0.215. The van der Waals surface area contributed by atoms with Gasteiger partial charge in [-0.1, -0.05) is 92.7 Å². The molecule has 3 aromatic carbocycles. The number of nitrogens with zero attached hydrogens (tertiary/aromatic N) is 1. The number of ketones is 1. The third-order valence-electron chi connectivity index (χ3n) is 8.61. The Morgan fingerprint density at radius 3 is 2.02 bits per heavy atom. The van der Waals surface area contributed by atoms with Crippen LogP contribution in [0.5, 0.6) is 5.75 Å². The monoisotopic (exact) mass is 627 g/mol. The Bertz CT molecular complexity index is 1470. The van der Waals surface area contributed by atoms with Gasteiger partial charge in [-0.25, -0.2) is 0 Å². The van der Waals surface area contributed by atoms with Crippen LogP contribution in [0.2, 0.25) is 0 Å². The number of aliphatic hydroxyl groups is 1. The van der Waals surface area contributed by atoms with Crippen LogP contribution in [0.15, 0.2) is 78.9 Å². The minimum Gasteiger partial charge on any atom is -0.483 e. The molecule has 3 amide bonds. The van der Waals surface area contributed by atoms with E-state index < -0.39 is 36.1 Å². The zero-order chi connectivity index (χ0) is 33.4. The van der Waals surface area contributed by atoms with Gasteiger partial charge in [-0.15, -0.1) is 0 Å². The number of carbonyl (C=O) groups excluding carboxylic acids is 4. The van der Waals surface area contributed by atoms with Gasteiger partial charge in [0, 0.05) is 18.8 Å². The second-order valence-corrected chi connectivity index (χ2v) is 12.5. The maximum absolute atomic E-state index is 14.3. The summed E-state index contributed by atoms with van der Waals surface area (Å²) in [5.41, 5.74) is 10.0. The van der Waals surface area contributed by atoms with Gasteiger partial charge in [-0.2, -0.15) is 0 Å². The second kappa shape index (κ2) is 15.8. The Labute approximate surface area is 271 Å². The van der Waals surface area contributed by atoms with E-state index in [2.05, 4.69) is 5.32 Å². The van der Waals surface area contributed by atoms with Crippen molar-refractivity contribution in [1.82, 2.24) is 10.2 Å². The number of likely N-dealkylation sites (tertiary alicyclic amines) is 1. The Morgan fingerprint density at radius 1 is 0.891 bits per heavy atom. The first-order valence-electron chi connectivity index (χ1n) is 15.9. The minimum atomic E-state index is -1.25. The van der Waals surface area contributed by atoms with Crippen molar-refractivity contribution >= 4 is 23.5 Å². The average Bonchev–Trinajstić information content (AvgIpc) is 3.36. The van der Waals surface area contributed by atoms with Crippen LogP contribution in [-0.4, -0.2) is 58.3 Å². The molecule has 1 fully saturated rings. The van der Waals surface area contributed by atoms with Gasteiger partial charge in [-0.05, 0) is 54.9 Å². The highest BCUT2D eigenvalue weighted by Gasteiger charge is 2.43. The largest absolute Gasteiger partial charge is 0.483 e. The Kier molecular flexibility index (Phi) is 11.8. The van der Waals surface area contributed by atoms with Gasteiger partial charge in [0.15, 0.2) is 12.4 Å². The topological polar surface area (TPSA) is 139 Å². The van der Waals surface area contributed by atoms with E-state index in [0.29, 0.717) is 11.3 Å². The zero-order valence-electron chi connectivity index (χ0n) is 27.0. The number of aliphatic hydroxyl groups excluding tert-OH is 1. The number of amides is 3. The Balaban J connectivity index is 1.62. The van der Waals surface area contributed by atoms with E-state index in [1.54, 1.807) is 0 Å². The molecule has 9 heteroatoms.